The highest BCUT2D eigenvalue weighted by atomic mass is 35.5. The first-order chi connectivity index (χ1) is 27.9. The van der Waals surface area contributed by atoms with Crippen LogP contribution < -0.4 is 9.64 Å². The third kappa shape index (κ3) is 8.34. The summed E-state index contributed by atoms with van der Waals surface area (Å²) in [5.74, 6) is 0.955. The van der Waals surface area contributed by atoms with E-state index in [9.17, 15) is 14.7 Å². The summed E-state index contributed by atoms with van der Waals surface area (Å²) in [6.45, 7) is 6.20. The van der Waals surface area contributed by atoms with Gasteiger partial charge in [0.15, 0.2) is 5.78 Å². The van der Waals surface area contributed by atoms with Crippen molar-refractivity contribution in [2.24, 2.45) is 0 Å². The van der Waals surface area contributed by atoms with Crippen LogP contribution >= 0.6 is 34.8 Å². The Morgan fingerprint density at radius 3 is 2.39 bits per heavy atom. The maximum atomic E-state index is 14.0. The minimum absolute atomic E-state index is 0.00132. The lowest BCUT2D eigenvalue weighted by Gasteiger charge is -2.43. The number of allylic oxidation sites excluding steroid dienone is 1. The van der Waals surface area contributed by atoms with E-state index in [1.165, 1.54) is 34.0 Å². The molecule has 6 aliphatic rings. The number of aryl methyl sites for hydroxylation is 1. The minimum Gasteiger partial charge on any atom is -0.478 e. The molecular formula is C46H55Cl3N2O6. The number of halogens is 3. The molecule has 0 radical (unpaired) electrons. The topological polar surface area (TPSA) is 88.5 Å². The van der Waals surface area contributed by atoms with Gasteiger partial charge in [0.05, 0.1) is 34.9 Å². The number of benzene rings is 2. The van der Waals surface area contributed by atoms with Gasteiger partial charge in [0.2, 0.25) is 0 Å². The predicted octanol–water partition coefficient (Wildman–Crippen LogP) is 10.6. The summed E-state index contributed by atoms with van der Waals surface area (Å²) >= 11 is 20.1. The second-order valence-corrected chi connectivity index (χ2v) is 17.5. The van der Waals surface area contributed by atoms with E-state index in [4.69, 9.17) is 49.0 Å². The monoisotopic (exact) mass is 836 g/mol. The maximum absolute atomic E-state index is 14.0. The fraction of sp³-hybridized carbons (Fsp3) is 0.565. The summed E-state index contributed by atoms with van der Waals surface area (Å²) in [6, 6.07) is 3.86. The molecule has 2 saturated heterocycles. The molecule has 0 aromatic heterocycles. The van der Waals surface area contributed by atoms with Crippen molar-refractivity contribution in [3.63, 3.8) is 0 Å². The summed E-state index contributed by atoms with van der Waals surface area (Å²) in [5.41, 5.74) is 9.23. The number of hydrogen-bond acceptors (Lipinski definition) is 7. The van der Waals surface area contributed by atoms with Gasteiger partial charge in [-0.25, -0.2) is 4.79 Å². The van der Waals surface area contributed by atoms with E-state index in [2.05, 4.69) is 21.9 Å². The average Bonchev–Trinajstić information content (AvgIpc) is 3.57. The van der Waals surface area contributed by atoms with Crippen molar-refractivity contribution in [2.75, 3.05) is 63.4 Å². The number of unbranched alkanes of at least 4 members (excludes halogenated alkanes) is 3. The Kier molecular flexibility index (Phi) is 13.4. The van der Waals surface area contributed by atoms with Gasteiger partial charge in [0.25, 0.3) is 0 Å². The zero-order valence-corrected chi connectivity index (χ0v) is 35.3. The Labute approximate surface area is 352 Å². The summed E-state index contributed by atoms with van der Waals surface area (Å²) in [5, 5.41) is 11.0. The van der Waals surface area contributed by atoms with Crippen LogP contribution in [0.1, 0.15) is 133 Å². The molecule has 8 rings (SSSR count). The SMILES string of the molecule is O=C(CCCOCCOCCCCCCCl)c1cc(Cl)c(C(=O)O)c(C2=C3C=C4CCCN5CCCCC(=C3Oc3c2cc2c6c3CCCCN6CCC2)C45)c1Cl. The molecule has 2 aromatic carbocycles. The van der Waals surface area contributed by atoms with E-state index in [0.717, 1.165) is 139 Å². The van der Waals surface area contributed by atoms with Gasteiger partial charge in [-0.1, -0.05) is 36.0 Å². The van der Waals surface area contributed by atoms with Gasteiger partial charge in [-0.3, -0.25) is 9.69 Å². The quantitative estimate of drug-likeness (QED) is 0.102. The summed E-state index contributed by atoms with van der Waals surface area (Å²) in [7, 11) is 0. The number of hydrogen-bond donors (Lipinski definition) is 1. The Balaban J connectivity index is 1.18. The number of nitrogens with zero attached hydrogens (tertiary/aromatic N) is 2. The third-order valence-electron chi connectivity index (χ3n) is 12.6. The normalized spacial score (nSPS) is 20.2. The molecule has 0 amide bonds. The molecule has 5 aliphatic heterocycles. The molecule has 2 fully saturated rings. The van der Waals surface area contributed by atoms with E-state index in [1.54, 1.807) is 0 Å². The van der Waals surface area contributed by atoms with Gasteiger partial charge < -0.3 is 24.2 Å². The molecule has 0 bridgehead atoms. The first-order valence-electron chi connectivity index (χ1n) is 21.4. The smallest absolute Gasteiger partial charge is 0.337 e. The highest BCUT2D eigenvalue weighted by Crippen LogP contribution is 2.55. The number of ketones is 1. The molecule has 0 saturated carbocycles. The highest BCUT2D eigenvalue weighted by Gasteiger charge is 2.43. The van der Waals surface area contributed by atoms with E-state index in [1.807, 2.05) is 0 Å². The number of rotatable bonds is 16. The summed E-state index contributed by atoms with van der Waals surface area (Å²) in [4.78, 5) is 32.5. The number of carbonyl (C=O) groups is 2. The van der Waals surface area contributed by atoms with Crippen LogP contribution in [-0.2, 0) is 22.3 Å². The second kappa shape index (κ2) is 18.6. The number of anilines is 1. The van der Waals surface area contributed by atoms with Crippen LogP contribution in [0, 0.1) is 0 Å². The second-order valence-electron chi connectivity index (χ2n) is 16.4. The van der Waals surface area contributed by atoms with Crippen molar-refractivity contribution in [1.82, 2.24) is 4.90 Å². The number of fused-ring (bicyclic) bond motifs is 3. The van der Waals surface area contributed by atoms with Crippen LogP contribution in [0.25, 0.3) is 5.57 Å². The first-order valence-corrected chi connectivity index (χ1v) is 22.7. The predicted molar refractivity (Wildman–Crippen MR) is 228 cm³/mol. The van der Waals surface area contributed by atoms with Crippen molar-refractivity contribution in [1.29, 1.82) is 0 Å². The van der Waals surface area contributed by atoms with Gasteiger partial charge >= 0.3 is 5.97 Å². The fourth-order valence-electron chi connectivity index (χ4n) is 10.1. The van der Waals surface area contributed by atoms with Crippen LogP contribution in [-0.4, -0.2) is 86.3 Å². The number of alkyl halides is 1. The van der Waals surface area contributed by atoms with Crippen LogP contribution in [0.4, 0.5) is 5.69 Å². The van der Waals surface area contributed by atoms with Gasteiger partial charge in [-0.2, -0.15) is 0 Å². The Morgan fingerprint density at radius 2 is 1.56 bits per heavy atom. The van der Waals surface area contributed by atoms with Crippen molar-refractivity contribution in [3.05, 3.63) is 84.1 Å². The lowest BCUT2D eigenvalue weighted by molar-refractivity contribution is 0.0447. The molecule has 0 spiro atoms. The molecule has 1 unspecified atom stereocenters. The van der Waals surface area contributed by atoms with Gasteiger partial charge in [0.1, 0.15) is 11.5 Å². The number of aromatic carboxylic acids is 1. The maximum Gasteiger partial charge on any atom is 0.337 e. The molecular weight excluding hydrogens is 783 g/mol. The van der Waals surface area contributed by atoms with E-state index in [0.29, 0.717) is 49.9 Å². The van der Waals surface area contributed by atoms with E-state index >= 15 is 0 Å². The van der Waals surface area contributed by atoms with E-state index in [-0.39, 0.29) is 39.4 Å². The zero-order valence-electron chi connectivity index (χ0n) is 33.0. The summed E-state index contributed by atoms with van der Waals surface area (Å²) in [6.07, 6.45) is 17.3. The summed E-state index contributed by atoms with van der Waals surface area (Å²) < 4.78 is 18.8. The van der Waals surface area contributed by atoms with Crippen LogP contribution in [0.3, 0.4) is 0 Å². The first kappa shape index (κ1) is 40.9. The number of ether oxygens (including phenoxy) is 3. The molecule has 306 valence electrons. The molecule has 1 atom stereocenters. The highest BCUT2D eigenvalue weighted by molar-refractivity contribution is 6.40. The van der Waals surface area contributed by atoms with Crippen molar-refractivity contribution < 1.29 is 28.9 Å². The van der Waals surface area contributed by atoms with Crippen LogP contribution in [0.2, 0.25) is 10.0 Å². The van der Waals surface area contributed by atoms with Crippen LogP contribution in [0.5, 0.6) is 5.75 Å². The Morgan fingerprint density at radius 1 is 0.825 bits per heavy atom. The molecule has 8 nitrogen and oxygen atoms in total. The number of carbonyl (C=O) groups excluding carboxylic acids is 1. The van der Waals surface area contributed by atoms with E-state index < -0.39 is 5.97 Å². The largest absolute Gasteiger partial charge is 0.478 e. The molecule has 1 aliphatic carbocycles. The third-order valence-corrected chi connectivity index (χ3v) is 13.6. The van der Waals surface area contributed by atoms with Gasteiger partial charge in [0, 0.05) is 77.7 Å². The number of carboxylic acid groups (broad SMARTS) is 1. The zero-order chi connectivity index (χ0) is 39.5. The molecule has 1 N–H and O–H groups in total. The number of carboxylic acids is 1. The van der Waals surface area contributed by atoms with Crippen molar-refractivity contribution in [3.8, 4) is 5.75 Å². The lowest BCUT2D eigenvalue weighted by atomic mass is 9.76. The number of piperidine rings is 1. The lowest BCUT2D eigenvalue weighted by Crippen LogP contribution is -2.44. The Bertz CT molecular complexity index is 1990. The standard InChI is InChI=1S/C46H55Cl3N2O6/c47-17-5-1-2-8-22-55-24-25-56-23-11-16-37(52)33-28-36(48)39(46(53)54)40(41(33)49)38-34-26-29-12-9-20-50-18-6-3-14-31(42(29)50)44(34)57-45-32-15-4-7-19-51-21-10-13-30(43(32)51)27-35(38)45/h26-28,42H,1-25H2,(H,53,54). The Hall–Kier alpha value is -2.85. The fourth-order valence-corrected chi connectivity index (χ4v) is 10.9. The molecule has 5 heterocycles. The van der Waals surface area contributed by atoms with Crippen molar-refractivity contribution >= 4 is 57.8 Å². The minimum atomic E-state index is -1.18. The average molecular weight is 838 g/mol. The van der Waals surface area contributed by atoms with Crippen molar-refractivity contribution in [2.45, 2.75) is 109 Å². The van der Waals surface area contributed by atoms with Gasteiger partial charge in [-0.15, -0.1) is 11.6 Å². The van der Waals surface area contributed by atoms with Crippen LogP contribution in [0.15, 0.2) is 40.7 Å². The molecule has 11 heteroatoms. The number of Topliss-reactive ketones (excluding diaryl/α,β-unsaturated/α-hetero) is 1. The molecule has 2 aromatic rings. The molecule has 57 heavy (non-hydrogen) atoms. The van der Waals surface area contributed by atoms with Gasteiger partial charge in [-0.05, 0) is 131 Å².